The Bertz CT molecular complexity index is 907. The number of aryl methyl sites for hydroxylation is 1. The largest absolute Gasteiger partial charge is 0.356 e. The summed E-state index contributed by atoms with van der Waals surface area (Å²) in [5, 5.41) is 9.40. The van der Waals surface area contributed by atoms with Crippen LogP contribution in [-0.2, 0) is 6.42 Å². The van der Waals surface area contributed by atoms with Gasteiger partial charge in [0.25, 0.3) is 0 Å². The van der Waals surface area contributed by atoms with Crippen molar-refractivity contribution in [2.75, 3.05) is 13.6 Å². The van der Waals surface area contributed by atoms with E-state index in [-0.39, 0.29) is 30.0 Å². The summed E-state index contributed by atoms with van der Waals surface area (Å²) in [6.45, 7) is 5.08. The number of aliphatic imine (C=N–C) groups is 1. The van der Waals surface area contributed by atoms with Crippen LogP contribution >= 0.6 is 24.0 Å². The Hall–Kier alpha value is -2.15. The molecule has 1 heterocycles. The van der Waals surface area contributed by atoms with Crippen LogP contribution in [0.4, 0.5) is 0 Å². The number of nitrogens with zero attached hydrogens (tertiary/aromatic N) is 2. The van der Waals surface area contributed by atoms with Gasteiger partial charge < -0.3 is 10.6 Å². The molecule has 2 aromatic carbocycles. The van der Waals surface area contributed by atoms with E-state index in [1.165, 1.54) is 27.5 Å². The minimum absolute atomic E-state index is 0. The molecule has 0 spiro atoms. The summed E-state index contributed by atoms with van der Waals surface area (Å²) < 4.78 is 0. The summed E-state index contributed by atoms with van der Waals surface area (Å²) in [6, 6.07) is 17.3. The van der Waals surface area contributed by atoms with Gasteiger partial charge in [0, 0.05) is 26.0 Å². The van der Waals surface area contributed by atoms with Gasteiger partial charge >= 0.3 is 0 Å². The van der Waals surface area contributed by atoms with Gasteiger partial charge in [-0.3, -0.25) is 9.98 Å². The number of halogens is 1. The lowest BCUT2D eigenvalue weighted by atomic mass is 10.0. The number of pyridine rings is 1. The molecular weight excluding hydrogens is 447 g/mol. The van der Waals surface area contributed by atoms with Gasteiger partial charge in [0.1, 0.15) is 0 Å². The monoisotopic (exact) mass is 474 g/mol. The van der Waals surface area contributed by atoms with Gasteiger partial charge in [-0.2, -0.15) is 0 Å². The highest BCUT2D eigenvalue weighted by atomic mass is 127. The number of hydrogen-bond acceptors (Lipinski definition) is 2. The Kier molecular flexibility index (Phi) is 8.03. The van der Waals surface area contributed by atoms with Crippen LogP contribution in [0.5, 0.6) is 0 Å². The first-order valence-electron chi connectivity index (χ1n) is 9.03. The maximum Gasteiger partial charge on any atom is 0.191 e. The summed E-state index contributed by atoms with van der Waals surface area (Å²) in [4.78, 5) is 8.49. The second kappa shape index (κ2) is 10.3. The van der Waals surface area contributed by atoms with Crippen molar-refractivity contribution in [3.8, 4) is 0 Å². The maximum absolute atomic E-state index is 4.35. The van der Waals surface area contributed by atoms with Crippen molar-refractivity contribution in [2.45, 2.75) is 26.3 Å². The molecule has 1 unspecified atom stereocenters. The quantitative estimate of drug-likeness (QED) is 0.322. The van der Waals surface area contributed by atoms with Crippen LogP contribution < -0.4 is 10.6 Å². The first kappa shape index (κ1) is 21.2. The molecule has 1 aromatic heterocycles. The SMILES string of the molecule is CN=C(NCCc1ccncc1C)NC(C)c1ccc2ccccc2c1.I. The van der Waals surface area contributed by atoms with Crippen molar-refractivity contribution in [2.24, 2.45) is 4.99 Å². The zero-order valence-corrected chi connectivity index (χ0v) is 18.4. The summed E-state index contributed by atoms with van der Waals surface area (Å²) in [5.41, 5.74) is 3.78. The molecule has 3 rings (SSSR count). The lowest BCUT2D eigenvalue weighted by Crippen LogP contribution is -2.39. The third-order valence-corrected chi connectivity index (χ3v) is 4.67. The number of rotatable bonds is 5. The molecule has 27 heavy (non-hydrogen) atoms. The molecule has 0 aliphatic rings. The van der Waals surface area contributed by atoms with E-state index in [1.54, 1.807) is 7.05 Å². The van der Waals surface area contributed by atoms with Gasteiger partial charge in [-0.05, 0) is 59.9 Å². The van der Waals surface area contributed by atoms with E-state index < -0.39 is 0 Å². The number of benzene rings is 2. The Morgan fingerprint density at radius 1 is 1.11 bits per heavy atom. The lowest BCUT2D eigenvalue weighted by molar-refractivity contribution is 0.685. The fourth-order valence-electron chi connectivity index (χ4n) is 3.06. The standard InChI is InChI=1S/C22H26N4.HI/c1-16-15-24-12-10-18(16)11-13-25-22(23-3)26-17(2)20-9-8-19-6-4-5-7-21(19)14-20;/h4-10,12,14-15,17H,11,13H2,1-3H3,(H2,23,25,26);1H. The van der Waals surface area contributed by atoms with Gasteiger partial charge in [-0.15, -0.1) is 24.0 Å². The molecule has 0 saturated carbocycles. The van der Waals surface area contributed by atoms with E-state index in [0.717, 1.165) is 18.9 Å². The third kappa shape index (κ3) is 5.66. The molecule has 0 bridgehead atoms. The second-order valence-corrected chi connectivity index (χ2v) is 6.52. The molecule has 5 heteroatoms. The first-order valence-corrected chi connectivity index (χ1v) is 9.03. The normalized spacial score (nSPS) is 12.3. The van der Waals surface area contributed by atoms with E-state index in [0.29, 0.717) is 0 Å². The van der Waals surface area contributed by atoms with E-state index in [2.05, 4.69) is 83.0 Å². The minimum Gasteiger partial charge on any atom is -0.356 e. The Labute approximate surface area is 178 Å². The van der Waals surface area contributed by atoms with Crippen LogP contribution in [0.25, 0.3) is 10.8 Å². The van der Waals surface area contributed by atoms with E-state index in [9.17, 15) is 0 Å². The molecule has 4 nitrogen and oxygen atoms in total. The molecule has 1 atom stereocenters. The zero-order valence-electron chi connectivity index (χ0n) is 16.1. The first-order chi connectivity index (χ1) is 12.7. The number of hydrogen-bond donors (Lipinski definition) is 2. The molecular formula is C22H27IN4. The van der Waals surface area contributed by atoms with Gasteiger partial charge in [0.05, 0.1) is 6.04 Å². The summed E-state index contributed by atoms with van der Waals surface area (Å²) >= 11 is 0. The number of aromatic nitrogens is 1. The highest BCUT2D eigenvalue weighted by molar-refractivity contribution is 14.0. The van der Waals surface area contributed by atoms with Gasteiger partial charge in [0.15, 0.2) is 5.96 Å². The smallest absolute Gasteiger partial charge is 0.191 e. The minimum atomic E-state index is 0. The number of guanidine groups is 1. The van der Waals surface area contributed by atoms with Gasteiger partial charge in [-0.1, -0.05) is 36.4 Å². The summed E-state index contributed by atoms with van der Waals surface area (Å²) in [6.07, 6.45) is 4.70. The van der Waals surface area contributed by atoms with Crippen LogP contribution in [0.2, 0.25) is 0 Å². The van der Waals surface area contributed by atoms with E-state index in [1.807, 2.05) is 12.4 Å². The number of fused-ring (bicyclic) bond motifs is 1. The topological polar surface area (TPSA) is 49.3 Å². The highest BCUT2D eigenvalue weighted by Crippen LogP contribution is 2.20. The zero-order chi connectivity index (χ0) is 18.4. The van der Waals surface area contributed by atoms with Crippen LogP contribution in [0.15, 0.2) is 65.9 Å². The fourth-order valence-corrected chi connectivity index (χ4v) is 3.06. The Morgan fingerprint density at radius 2 is 1.89 bits per heavy atom. The average Bonchev–Trinajstić information content (AvgIpc) is 2.68. The van der Waals surface area contributed by atoms with Gasteiger partial charge in [-0.25, -0.2) is 0 Å². The number of nitrogens with one attached hydrogen (secondary N) is 2. The Morgan fingerprint density at radius 3 is 2.63 bits per heavy atom. The van der Waals surface area contributed by atoms with Crippen molar-refractivity contribution in [1.29, 1.82) is 0 Å². The van der Waals surface area contributed by atoms with Crippen molar-refractivity contribution in [3.05, 3.63) is 77.6 Å². The van der Waals surface area contributed by atoms with Crippen molar-refractivity contribution in [3.63, 3.8) is 0 Å². The van der Waals surface area contributed by atoms with Crippen molar-refractivity contribution < 1.29 is 0 Å². The van der Waals surface area contributed by atoms with Gasteiger partial charge in [0.2, 0.25) is 0 Å². The molecule has 2 N–H and O–H groups in total. The van der Waals surface area contributed by atoms with E-state index in [4.69, 9.17) is 0 Å². The molecule has 0 aliphatic carbocycles. The molecule has 0 fully saturated rings. The van der Waals surface area contributed by atoms with Crippen molar-refractivity contribution in [1.82, 2.24) is 15.6 Å². The Balaban J connectivity index is 0.00000261. The van der Waals surface area contributed by atoms with E-state index >= 15 is 0 Å². The van der Waals surface area contributed by atoms with Crippen LogP contribution in [0, 0.1) is 6.92 Å². The van der Waals surface area contributed by atoms with Crippen LogP contribution in [0.1, 0.15) is 29.7 Å². The molecule has 0 saturated heterocycles. The second-order valence-electron chi connectivity index (χ2n) is 6.52. The molecule has 0 amide bonds. The molecule has 0 aliphatic heterocycles. The predicted molar refractivity (Wildman–Crippen MR) is 125 cm³/mol. The molecule has 3 aromatic rings. The summed E-state index contributed by atoms with van der Waals surface area (Å²) in [5.74, 6) is 0.817. The predicted octanol–water partition coefficient (Wildman–Crippen LogP) is 4.63. The summed E-state index contributed by atoms with van der Waals surface area (Å²) in [7, 11) is 1.81. The molecule has 142 valence electrons. The maximum atomic E-state index is 4.35. The highest BCUT2D eigenvalue weighted by Gasteiger charge is 2.08. The fraction of sp³-hybridized carbons (Fsp3) is 0.273. The van der Waals surface area contributed by atoms with Crippen molar-refractivity contribution >= 4 is 40.7 Å². The van der Waals surface area contributed by atoms with Crippen LogP contribution in [0.3, 0.4) is 0 Å². The third-order valence-electron chi connectivity index (χ3n) is 4.67. The average molecular weight is 474 g/mol. The molecule has 0 radical (unpaired) electrons. The lowest BCUT2D eigenvalue weighted by Gasteiger charge is -2.19. The van der Waals surface area contributed by atoms with Crippen LogP contribution in [-0.4, -0.2) is 24.5 Å².